The Kier molecular flexibility index (Phi) is 5.57. The highest BCUT2D eigenvalue weighted by atomic mass is 35.5. The van der Waals surface area contributed by atoms with Crippen molar-refractivity contribution in [2.45, 2.75) is 27.2 Å². The van der Waals surface area contributed by atoms with E-state index in [0.717, 1.165) is 33.4 Å². The summed E-state index contributed by atoms with van der Waals surface area (Å²) in [5, 5.41) is 9.24. The van der Waals surface area contributed by atoms with Crippen molar-refractivity contribution in [3.8, 4) is 5.82 Å². The molecule has 2 amide bonds. The fourth-order valence-corrected chi connectivity index (χ4v) is 4.52. The molecular weight excluding hydrogens is 450 g/mol. The number of para-hydroxylation sites is 1. The van der Waals surface area contributed by atoms with E-state index in [4.69, 9.17) is 16.6 Å². The van der Waals surface area contributed by atoms with E-state index in [1.165, 1.54) is 0 Å². The molecule has 1 aliphatic rings. The number of fused-ring (bicyclic) bond motifs is 1. The van der Waals surface area contributed by atoms with Gasteiger partial charge in [0.1, 0.15) is 5.82 Å². The van der Waals surface area contributed by atoms with Gasteiger partial charge in [-0.25, -0.2) is 4.98 Å². The van der Waals surface area contributed by atoms with Crippen LogP contribution in [0.3, 0.4) is 0 Å². The predicted molar refractivity (Wildman–Crippen MR) is 134 cm³/mol. The second kappa shape index (κ2) is 8.57. The molecule has 1 aliphatic heterocycles. The van der Waals surface area contributed by atoms with Crippen molar-refractivity contribution in [3.05, 3.63) is 76.4 Å². The number of hydrogen-bond donors (Lipinski definition) is 1. The summed E-state index contributed by atoms with van der Waals surface area (Å²) in [4.78, 5) is 32.2. The van der Waals surface area contributed by atoms with Crippen LogP contribution in [0.2, 0.25) is 5.02 Å². The second-order valence-electron chi connectivity index (χ2n) is 8.72. The molecule has 1 N–H and O–H groups in total. The Labute approximate surface area is 202 Å². The number of carbonyl (C=O) groups excluding carboxylic acids is 2. The highest BCUT2D eigenvalue weighted by Gasteiger charge is 2.35. The summed E-state index contributed by atoms with van der Waals surface area (Å²) in [6.45, 7) is 6.24. The molecule has 1 atom stereocenters. The molecule has 1 saturated heterocycles. The molecule has 2 aromatic carbocycles. The smallest absolute Gasteiger partial charge is 0.230 e. The standard InChI is InChI=1S/C26H24ClN5O2/c1-15-5-4-6-21-16(2)11-22(28-25(15)21)32-23(12-17(3)30-32)29-26(34)18-13-24(33)31(14-18)20-9-7-19(27)8-10-20/h4-12,18H,13-14H2,1-3H3,(H,29,34). The van der Waals surface area contributed by atoms with Crippen LogP contribution in [0.25, 0.3) is 16.7 Å². The number of nitrogens with zero attached hydrogens (tertiary/aromatic N) is 4. The van der Waals surface area contributed by atoms with Crippen LogP contribution in [0.4, 0.5) is 11.5 Å². The highest BCUT2D eigenvalue weighted by Crippen LogP contribution is 2.28. The number of aryl methyl sites for hydroxylation is 3. The van der Waals surface area contributed by atoms with Gasteiger partial charge in [-0.05, 0) is 62.2 Å². The van der Waals surface area contributed by atoms with Crippen LogP contribution in [-0.4, -0.2) is 33.1 Å². The zero-order valence-corrected chi connectivity index (χ0v) is 19.9. The molecule has 3 heterocycles. The first-order valence-corrected chi connectivity index (χ1v) is 11.5. The van der Waals surface area contributed by atoms with E-state index in [-0.39, 0.29) is 18.2 Å². The number of benzene rings is 2. The second-order valence-corrected chi connectivity index (χ2v) is 9.16. The largest absolute Gasteiger partial charge is 0.312 e. The Morgan fingerprint density at radius 2 is 1.82 bits per heavy atom. The minimum atomic E-state index is -0.472. The van der Waals surface area contributed by atoms with Crippen LogP contribution in [0.15, 0.2) is 54.6 Å². The number of pyridine rings is 1. The van der Waals surface area contributed by atoms with Gasteiger partial charge in [0.25, 0.3) is 0 Å². The highest BCUT2D eigenvalue weighted by molar-refractivity contribution is 6.30. The van der Waals surface area contributed by atoms with Gasteiger partial charge in [-0.1, -0.05) is 29.8 Å². The lowest BCUT2D eigenvalue weighted by molar-refractivity contribution is -0.122. The summed E-state index contributed by atoms with van der Waals surface area (Å²) in [7, 11) is 0. The van der Waals surface area contributed by atoms with Crippen molar-refractivity contribution in [3.63, 3.8) is 0 Å². The molecule has 0 spiro atoms. The maximum absolute atomic E-state index is 13.1. The minimum Gasteiger partial charge on any atom is -0.312 e. The van der Waals surface area contributed by atoms with Gasteiger partial charge in [-0.3, -0.25) is 9.59 Å². The maximum atomic E-state index is 13.1. The Morgan fingerprint density at radius 3 is 2.59 bits per heavy atom. The van der Waals surface area contributed by atoms with Gasteiger partial charge in [0.15, 0.2) is 5.82 Å². The Balaban J connectivity index is 1.41. The van der Waals surface area contributed by atoms with Crippen LogP contribution in [0.1, 0.15) is 23.2 Å². The molecule has 34 heavy (non-hydrogen) atoms. The lowest BCUT2D eigenvalue weighted by Gasteiger charge is -2.17. The molecule has 0 radical (unpaired) electrons. The van der Waals surface area contributed by atoms with E-state index in [2.05, 4.69) is 16.5 Å². The Morgan fingerprint density at radius 1 is 1.06 bits per heavy atom. The average Bonchev–Trinajstić information content (AvgIpc) is 3.37. The van der Waals surface area contributed by atoms with Gasteiger partial charge in [0, 0.05) is 35.1 Å². The summed E-state index contributed by atoms with van der Waals surface area (Å²) in [6.07, 6.45) is 0.147. The first-order chi connectivity index (χ1) is 16.3. The van der Waals surface area contributed by atoms with Crippen molar-refractivity contribution in [1.29, 1.82) is 0 Å². The summed E-state index contributed by atoms with van der Waals surface area (Å²) in [6, 6.07) is 16.9. The van der Waals surface area contributed by atoms with Gasteiger partial charge in [-0.15, -0.1) is 0 Å². The van der Waals surface area contributed by atoms with Gasteiger partial charge < -0.3 is 10.2 Å². The first kappa shape index (κ1) is 22.1. The van der Waals surface area contributed by atoms with Crippen LogP contribution in [0, 0.1) is 26.7 Å². The number of aromatic nitrogens is 3. The van der Waals surface area contributed by atoms with Crippen LogP contribution >= 0.6 is 11.6 Å². The van der Waals surface area contributed by atoms with Gasteiger partial charge >= 0.3 is 0 Å². The molecule has 2 aromatic heterocycles. The SMILES string of the molecule is Cc1cc(NC(=O)C2CC(=O)N(c3ccc(Cl)cc3)C2)n(-c2cc(C)c3cccc(C)c3n2)n1. The summed E-state index contributed by atoms with van der Waals surface area (Å²) in [5.41, 5.74) is 4.54. The van der Waals surface area contributed by atoms with Crippen molar-refractivity contribution >= 4 is 45.8 Å². The zero-order valence-electron chi connectivity index (χ0n) is 19.2. The van der Waals surface area contributed by atoms with Crippen LogP contribution in [-0.2, 0) is 9.59 Å². The average molecular weight is 474 g/mol. The molecular formula is C26H24ClN5O2. The third kappa shape index (κ3) is 4.03. The topological polar surface area (TPSA) is 80.1 Å². The number of halogens is 1. The van der Waals surface area contributed by atoms with Crippen molar-refractivity contribution in [2.75, 3.05) is 16.8 Å². The van der Waals surface area contributed by atoms with Crippen LogP contribution < -0.4 is 10.2 Å². The van der Waals surface area contributed by atoms with Crippen molar-refractivity contribution < 1.29 is 9.59 Å². The minimum absolute atomic E-state index is 0.0885. The van der Waals surface area contributed by atoms with Crippen molar-refractivity contribution in [1.82, 2.24) is 14.8 Å². The van der Waals surface area contributed by atoms with E-state index >= 15 is 0 Å². The lowest BCUT2D eigenvalue weighted by Crippen LogP contribution is -2.28. The third-order valence-corrected chi connectivity index (χ3v) is 6.42. The molecule has 0 bridgehead atoms. The Bertz CT molecular complexity index is 1430. The lowest BCUT2D eigenvalue weighted by atomic mass is 10.1. The van der Waals surface area contributed by atoms with Gasteiger partial charge in [0.05, 0.1) is 17.1 Å². The summed E-state index contributed by atoms with van der Waals surface area (Å²) >= 11 is 5.96. The van der Waals surface area contributed by atoms with E-state index < -0.39 is 5.92 Å². The monoisotopic (exact) mass is 473 g/mol. The molecule has 7 nitrogen and oxygen atoms in total. The number of nitrogens with one attached hydrogen (secondary N) is 1. The van der Waals surface area contributed by atoms with Crippen molar-refractivity contribution in [2.24, 2.45) is 5.92 Å². The zero-order chi connectivity index (χ0) is 24.0. The van der Waals surface area contributed by atoms with Gasteiger partial charge in [-0.2, -0.15) is 9.78 Å². The predicted octanol–water partition coefficient (Wildman–Crippen LogP) is 4.99. The molecule has 0 aliphatic carbocycles. The molecule has 5 rings (SSSR count). The Hall–Kier alpha value is -3.71. The van der Waals surface area contributed by atoms with E-state index in [1.54, 1.807) is 33.8 Å². The number of rotatable bonds is 4. The van der Waals surface area contributed by atoms with E-state index in [9.17, 15) is 9.59 Å². The third-order valence-electron chi connectivity index (χ3n) is 6.17. The molecule has 4 aromatic rings. The number of hydrogen-bond acceptors (Lipinski definition) is 4. The fraction of sp³-hybridized carbons (Fsp3) is 0.231. The normalized spacial score (nSPS) is 15.8. The first-order valence-electron chi connectivity index (χ1n) is 11.1. The summed E-state index contributed by atoms with van der Waals surface area (Å²) < 4.78 is 1.65. The van der Waals surface area contributed by atoms with Gasteiger partial charge in [0.2, 0.25) is 11.8 Å². The van der Waals surface area contributed by atoms with E-state index in [0.29, 0.717) is 23.2 Å². The fourth-order valence-electron chi connectivity index (χ4n) is 4.40. The quantitative estimate of drug-likeness (QED) is 0.452. The number of carbonyl (C=O) groups is 2. The molecule has 1 fully saturated rings. The maximum Gasteiger partial charge on any atom is 0.230 e. The molecule has 1 unspecified atom stereocenters. The number of amides is 2. The van der Waals surface area contributed by atoms with Crippen LogP contribution in [0.5, 0.6) is 0 Å². The summed E-state index contributed by atoms with van der Waals surface area (Å²) in [5.74, 6) is 0.377. The molecule has 8 heteroatoms. The molecule has 0 saturated carbocycles. The number of anilines is 2. The molecule has 172 valence electrons. The van der Waals surface area contributed by atoms with E-state index in [1.807, 2.05) is 45.0 Å².